The van der Waals surface area contributed by atoms with Gasteiger partial charge in [-0.25, -0.2) is 0 Å². The number of piperazine rings is 1. The van der Waals surface area contributed by atoms with Gasteiger partial charge in [0, 0.05) is 39.3 Å². The zero-order valence-corrected chi connectivity index (χ0v) is 12.5. The van der Waals surface area contributed by atoms with Crippen molar-refractivity contribution in [1.29, 1.82) is 0 Å². The van der Waals surface area contributed by atoms with Crippen molar-refractivity contribution in [2.24, 2.45) is 5.92 Å². The summed E-state index contributed by atoms with van der Waals surface area (Å²) < 4.78 is 5.39. The molecule has 119 valence electrons. The van der Waals surface area contributed by atoms with Crippen molar-refractivity contribution in [2.75, 3.05) is 59.1 Å². The zero-order valence-electron chi connectivity index (χ0n) is 12.5. The van der Waals surface area contributed by atoms with Gasteiger partial charge in [0.25, 0.3) is 0 Å². The molecule has 7 heteroatoms. The van der Waals surface area contributed by atoms with Crippen LogP contribution >= 0.6 is 0 Å². The van der Waals surface area contributed by atoms with Gasteiger partial charge >= 0.3 is 6.41 Å². The summed E-state index contributed by atoms with van der Waals surface area (Å²) in [5.74, 6) is -0.217. The van der Waals surface area contributed by atoms with Gasteiger partial charge in [-0.3, -0.25) is 14.5 Å². The van der Waals surface area contributed by atoms with Crippen LogP contribution in [0.25, 0.3) is 0 Å². The van der Waals surface area contributed by atoms with Gasteiger partial charge in [0.05, 0.1) is 31.8 Å². The van der Waals surface area contributed by atoms with E-state index in [-0.39, 0.29) is 24.5 Å². The SMILES string of the molecule is CC(C(=O)N1CCN(CCO)CC1)C1COCCN1[C]=O. The number of morpholine rings is 1. The molecule has 2 aliphatic rings. The van der Waals surface area contributed by atoms with E-state index in [1.54, 1.807) is 4.90 Å². The highest BCUT2D eigenvalue weighted by Crippen LogP contribution is 2.18. The fourth-order valence-corrected chi connectivity index (χ4v) is 2.94. The van der Waals surface area contributed by atoms with Crippen LogP contribution in [0.5, 0.6) is 0 Å². The molecule has 0 saturated carbocycles. The standard InChI is InChI=1S/C14H24N3O4/c1-12(13-10-21-9-7-17(13)11-19)14(20)16-4-2-15(3-5-16)6-8-18/h12-13,18H,2-10H2,1H3. The second kappa shape index (κ2) is 7.72. The Bertz CT molecular complexity index is 358. The number of β-amino-alcohol motifs (C(OH)–C–C–N with tert-alkyl or cyclic N) is 1. The lowest BCUT2D eigenvalue weighted by Gasteiger charge is -2.39. The van der Waals surface area contributed by atoms with Gasteiger partial charge in [-0.1, -0.05) is 6.92 Å². The van der Waals surface area contributed by atoms with E-state index in [4.69, 9.17) is 9.84 Å². The molecule has 1 radical (unpaired) electrons. The van der Waals surface area contributed by atoms with E-state index in [9.17, 15) is 9.59 Å². The lowest BCUT2D eigenvalue weighted by molar-refractivity contribution is -0.140. The van der Waals surface area contributed by atoms with Crippen molar-refractivity contribution in [1.82, 2.24) is 14.7 Å². The van der Waals surface area contributed by atoms with Gasteiger partial charge < -0.3 is 19.6 Å². The zero-order chi connectivity index (χ0) is 15.2. The summed E-state index contributed by atoms with van der Waals surface area (Å²) in [5, 5.41) is 8.93. The molecule has 2 unspecified atom stereocenters. The summed E-state index contributed by atoms with van der Waals surface area (Å²) >= 11 is 0. The summed E-state index contributed by atoms with van der Waals surface area (Å²) in [5.41, 5.74) is 0. The maximum absolute atomic E-state index is 12.6. The van der Waals surface area contributed by atoms with Crippen molar-refractivity contribution >= 4 is 12.3 Å². The molecular formula is C14H24N3O4. The minimum absolute atomic E-state index is 0.0643. The number of aliphatic hydroxyl groups excluding tert-OH is 1. The molecule has 2 rings (SSSR count). The van der Waals surface area contributed by atoms with E-state index in [1.165, 1.54) is 0 Å². The smallest absolute Gasteiger partial charge is 0.312 e. The maximum Gasteiger partial charge on any atom is 0.312 e. The molecule has 1 N–H and O–H groups in total. The largest absolute Gasteiger partial charge is 0.395 e. The van der Waals surface area contributed by atoms with E-state index in [1.807, 2.05) is 18.2 Å². The van der Waals surface area contributed by atoms with Crippen molar-refractivity contribution in [3.63, 3.8) is 0 Å². The molecule has 2 aliphatic heterocycles. The van der Waals surface area contributed by atoms with Crippen molar-refractivity contribution in [2.45, 2.75) is 13.0 Å². The summed E-state index contributed by atoms with van der Waals surface area (Å²) in [6, 6.07) is -0.223. The van der Waals surface area contributed by atoms with Gasteiger partial charge in [-0.15, -0.1) is 0 Å². The first-order chi connectivity index (χ1) is 10.2. The number of nitrogens with zero attached hydrogens (tertiary/aromatic N) is 3. The second-order valence-corrected chi connectivity index (χ2v) is 5.61. The number of ether oxygens (including phenoxy) is 1. The Labute approximate surface area is 125 Å². The Morgan fingerprint density at radius 1 is 1.33 bits per heavy atom. The van der Waals surface area contributed by atoms with Gasteiger partial charge in [-0.2, -0.15) is 0 Å². The third kappa shape index (κ3) is 3.93. The van der Waals surface area contributed by atoms with Crippen molar-refractivity contribution in [3.05, 3.63) is 0 Å². The molecule has 0 bridgehead atoms. The van der Waals surface area contributed by atoms with Crippen molar-refractivity contribution < 1.29 is 19.4 Å². The fraction of sp³-hybridized carbons (Fsp3) is 0.857. The second-order valence-electron chi connectivity index (χ2n) is 5.61. The molecule has 2 heterocycles. The van der Waals surface area contributed by atoms with E-state index < -0.39 is 0 Å². The maximum atomic E-state index is 12.6. The van der Waals surface area contributed by atoms with Crippen LogP contribution in [-0.4, -0.2) is 97.3 Å². The average molecular weight is 298 g/mol. The minimum atomic E-state index is -0.281. The highest BCUT2D eigenvalue weighted by atomic mass is 16.5. The number of aliphatic hydroxyl groups is 1. The molecule has 0 aromatic carbocycles. The molecule has 2 amide bonds. The lowest BCUT2D eigenvalue weighted by Crippen LogP contribution is -2.55. The lowest BCUT2D eigenvalue weighted by atomic mass is 9.98. The van der Waals surface area contributed by atoms with E-state index in [0.717, 1.165) is 13.1 Å². The Hall–Kier alpha value is -1.18. The number of amides is 2. The van der Waals surface area contributed by atoms with Crippen LogP contribution in [0.3, 0.4) is 0 Å². The van der Waals surface area contributed by atoms with Crippen LogP contribution in [0.4, 0.5) is 0 Å². The quantitative estimate of drug-likeness (QED) is 0.671. The summed E-state index contributed by atoms with van der Waals surface area (Å²) in [6.07, 6.45) is 1.91. The summed E-state index contributed by atoms with van der Waals surface area (Å²) in [7, 11) is 0. The third-order valence-corrected chi connectivity index (χ3v) is 4.35. The Kier molecular flexibility index (Phi) is 5.96. The Morgan fingerprint density at radius 2 is 2.05 bits per heavy atom. The molecule has 2 saturated heterocycles. The van der Waals surface area contributed by atoms with E-state index in [2.05, 4.69) is 4.90 Å². The van der Waals surface area contributed by atoms with Gasteiger partial charge in [0.1, 0.15) is 0 Å². The Balaban J connectivity index is 1.88. The topological polar surface area (TPSA) is 73.3 Å². The average Bonchev–Trinajstić information content (AvgIpc) is 2.54. The van der Waals surface area contributed by atoms with Crippen LogP contribution in [0.1, 0.15) is 6.92 Å². The summed E-state index contributed by atoms with van der Waals surface area (Å²) in [4.78, 5) is 29.1. The minimum Gasteiger partial charge on any atom is -0.395 e. The Morgan fingerprint density at radius 3 is 2.67 bits per heavy atom. The normalized spacial score (nSPS) is 25.7. The van der Waals surface area contributed by atoms with Crippen LogP contribution < -0.4 is 0 Å². The number of hydrogen-bond donors (Lipinski definition) is 1. The molecular weight excluding hydrogens is 274 g/mol. The van der Waals surface area contributed by atoms with Crippen molar-refractivity contribution in [3.8, 4) is 0 Å². The first-order valence-electron chi connectivity index (χ1n) is 7.51. The van der Waals surface area contributed by atoms with E-state index in [0.29, 0.717) is 39.4 Å². The number of carbonyl (C=O) groups excluding carboxylic acids is 2. The van der Waals surface area contributed by atoms with Crippen LogP contribution in [0.15, 0.2) is 0 Å². The van der Waals surface area contributed by atoms with Gasteiger partial charge in [-0.05, 0) is 0 Å². The predicted octanol–water partition coefficient (Wildman–Crippen LogP) is -1.47. The molecule has 7 nitrogen and oxygen atoms in total. The molecule has 21 heavy (non-hydrogen) atoms. The molecule has 2 atom stereocenters. The highest BCUT2D eigenvalue weighted by Gasteiger charge is 2.35. The van der Waals surface area contributed by atoms with Crippen LogP contribution in [0.2, 0.25) is 0 Å². The highest BCUT2D eigenvalue weighted by molar-refractivity contribution is 5.79. The van der Waals surface area contributed by atoms with Crippen LogP contribution in [0, 0.1) is 5.92 Å². The first-order valence-corrected chi connectivity index (χ1v) is 7.51. The molecule has 0 aliphatic carbocycles. The summed E-state index contributed by atoms with van der Waals surface area (Å²) in [6.45, 7) is 6.95. The first kappa shape index (κ1) is 16.2. The van der Waals surface area contributed by atoms with Crippen LogP contribution in [-0.2, 0) is 14.3 Å². The fourth-order valence-electron chi connectivity index (χ4n) is 2.94. The number of hydrogen-bond acceptors (Lipinski definition) is 5. The van der Waals surface area contributed by atoms with Gasteiger partial charge in [0.2, 0.25) is 5.91 Å². The molecule has 0 aromatic rings. The molecule has 0 spiro atoms. The number of rotatable bonds is 5. The molecule has 0 aromatic heterocycles. The third-order valence-electron chi connectivity index (χ3n) is 4.35. The monoisotopic (exact) mass is 298 g/mol. The predicted molar refractivity (Wildman–Crippen MR) is 76.3 cm³/mol. The molecule has 2 fully saturated rings. The number of carbonyl (C=O) groups is 1. The van der Waals surface area contributed by atoms with E-state index >= 15 is 0 Å². The van der Waals surface area contributed by atoms with Gasteiger partial charge in [0.15, 0.2) is 0 Å².